The molecule has 9 heteroatoms. The largest absolute Gasteiger partial charge is 0.325 e. The molecule has 5 nitrogen and oxygen atoms in total. The quantitative estimate of drug-likeness (QED) is 0.384. The van der Waals surface area contributed by atoms with Crippen molar-refractivity contribution in [1.29, 1.82) is 0 Å². The molecule has 178 valence electrons. The van der Waals surface area contributed by atoms with Crippen molar-refractivity contribution in [3.63, 3.8) is 0 Å². The molecule has 1 amide bonds. The topological polar surface area (TPSA) is 66.5 Å². The van der Waals surface area contributed by atoms with Crippen LogP contribution in [0.1, 0.15) is 18.4 Å². The van der Waals surface area contributed by atoms with E-state index in [9.17, 15) is 13.2 Å². The first-order valence-electron chi connectivity index (χ1n) is 10.9. The van der Waals surface area contributed by atoms with Crippen molar-refractivity contribution >= 4 is 56.6 Å². The maximum absolute atomic E-state index is 13.1. The van der Waals surface area contributed by atoms with E-state index >= 15 is 0 Å². The van der Waals surface area contributed by atoms with E-state index < -0.39 is 15.9 Å². The van der Waals surface area contributed by atoms with Gasteiger partial charge in [0.15, 0.2) is 0 Å². The summed E-state index contributed by atoms with van der Waals surface area (Å²) in [5.74, 6) is -0.923. The molecule has 1 aliphatic rings. The standard InChI is InChI=1S/C25H24Cl2N2O3S2/c26-21-11-6-12-22(27)20(21)17-34(31,32)29-15-7-8-18(16-29)25(30)28-23-13-4-5-14-24(23)33-19-9-2-1-3-10-19/h1-6,9-14,18H,7-8,15-17H2,(H,28,30). The van der Waals surface area contributed by atoms with Crippen LogP contribution in [-0.4, -0.2) is 31.7 Å². The zero-order valence-electron chi connectivity index (χ0n) is 18.3. The first-order valence-corrected chi connectivity index (χ1v) is 14.0. The summed E-state index contributed by atoms with van der Waals surface area (Å²) in [7, 11) is -3.69. The number of carbonyl (C=O) groups is 1. The highest BCUT2D eigenvalue weighted by atomic mass is 35.5. The summed E-state index contributed by atoms with van der Waals surface area (Å²) < 4.78 is 27.6. The lowest BCUT2D eigenvalue weighted by molar-refractivity contribution is -0.120. The molecule has 3 aromatic rings. The van der Waals surface area contributed by atoms with Gasteiger partial charge in [0.2, 0.25) is 15.9 Å². The van der Waals surface area contributed by atoms with Gasteiger partial charge in [-0.3, -0.25) is 4.79 Å². The number of sulfonamides is 1. The highest BCUT2D eigenvalue weighted by Crippen LogP contribution is 2.34. The Hall–Kier alpha value is -2.03. The van der Waals surface area contributed by atoms with E-state index in [1.54, 1.807) is 30.0 Å². The minimum absolute atomic E-state index is 0.129. The summed E-state index contributed by atoms with van der Waals surface area (Å²) in [6, 6.07) is 22.5. The van der Waals surface area contributed by atoms with Crippen LogP contribution in [0.15, 0.2) is 82.6 Å². The fraction of sp³-hybridized carbons (Fsp3) is 0.240. The second-order valence-electron chi connectivity index (χ2n) is 8.05. The van der Waals surface area contributed by atoms with Crippen LogP contribution in [0, 0.1) is 5.92 Å². The predicted molar refractivity (Wildman–Crippen MR) is 139 cm³/mol. The predicted octanol–water partition coefficient (Wildman–Crippen LogP) is 6.33. The van der Waals surface area contributed by atoms with Gasteiger partial charge in [0.1, 0.15) is 0 Å². The molecule has 0 bridgehead atoms. The summed E-state index contributed by atoms with van der Waals surface area (Å²) in [6.07, 6.45) is 1.23. The lowest BCUT2D eigenvalue weighted by Gasteiger charge is -2.31. The number of benzene rings is 3. The molecule has 1 saturated heterocycles. The highest BCUT2D eigenvalue weighted by Gasteiger charge is 2.33. The Balaban J connectivity index is 1.45. The van der Waals surface area contributed by atoms with Crippen molar-refractivity contribution in [2.45, 2.75) is 28.4 Å². The van der Waals surface area contributed by atoms with Crippen molar-refractivity contribution in [2.75, 3.05) is 18.4 Å². The summed E-state index contributed by atoms with van der Waals surface area (Å²) in [4.78, 5) is 15.1. The Morgan fingerprint density at radius 3 is 2.38 bits per heavy atom. The summed E-state index contributed by atoms with van der Waals surface area (Å²) >= 11 is 13.9. The van der Waals surface area contributed by atoms with Gasteiger partial charge < -0.3 is 5.32 Å². The lowest BCUT2D eigenvalue weighted by Crippen LogP contribution is -2.44. The maximum atomic E-state index is 13.1. The molecule has 1 unspecified atom stereocenters. The second-order valence-corrected chi connectivity index (χ2v) is 12.0. The Morgan fingerprint density at radius 2 is 1.65 bits per heavy atom. The summed E-state index contributed by atoms with van der Waals surface area (Å²) in [6.45, 7) is 0.499. The van der Waals surface area contributed by atoms with Gasteiger partial charge >= 0.3 is 0 Å². The Bertz CT molecular complexity index is 1250. The number of carbonyl (C=O) groups excluding carboxylic acids is 1. The average molecular weight is 536 g/mol. The number of hydrogen-bond acceptors (Lipinski definition) is 4. The van der Waals surface area contributed by atoms with Gasteiger partial charge in [-0.15, -0.1) is 0 Å². The van der Waals surface area contributed by atoms with Crippen molar-refractivity contribution in [3.05, 3.63) is 88.4 Å². The van der Waals surface area contributed by atoms with Gasteiger partial charge in [0, 0.05) is 38.5 Å². The van der Waals surface area contributed by atoms with Gasteiger partial charge in [0.05, 0.1) is 17.4 Å². The first-order chi connectivity index (χ1) is 16.3. The minimum Gasteiger partial charge on any atom is -0.325 e. The van der Waals surface area contributed by atoms with Crippen molar-refractivity contribution in [3.8, 4) is 0 Å². The molecule has 1 fully saturated rings. The van der Waals surface area contributed by atoms with E-state index in [1.807, 2.05) is 54.6 Å². The maximum Gasteiger partial charge on any atom is 0.228 e. The first kappa shape index (κ1) is 25.1. The number of nitrogens with one attached hydrogen (secondary N) is 1. The van der Waals surface area contributed by atoms with Gasteiger partial charge in [-0.1, -0.05) is 71.4 Å². The van der Waals surface area contributed by atoms with E-state index in [1.165, 1.54) is 4.31 Å². The van der Waals surface area contributed by atoms with Crippen LogP contribution >= 0.6 is 35.0 Å². The SMILES string of the molecule is O=C(Nc1ccccc1Sc1ccccc1)C1CCCN(S(=O)(=O)Cc2c(Cl)cccc2Cl)C1. The minimum atomic E-state index is -3.69. The molecule has 0 spiro atoms. The molecule has 3 aromatic carbocycles. The summed E-state index contributed by atoms with van der Waals surface area (Å²) in [5, 5.41) is 3.65. The van der Waals surface area contributed by atoms with E-state index in [0.717, 1.165) is 9.79 Å². The molecule has 1 N–H and O–H groups in total. The van der Waals surface area contributed by atoms with E-state index in [0.29, 0.717) is 40.7 Å². The fourth-order valence-electron chi connectivity index (χ4n) is 3.86. The molecule has 34 heavy (non-hydrogen) atoms. The average Bonchev–Trinajstić information content (AvgIpc) is 2.83. The number of rotatable bonds is 7. The van der Waals surface area contributed by atoms with Crippen molar-refractivity contribution < 1.29 is 13.2 Å². The van der Waals surface area contributed by atoms with Crippen LogP contribution in [-0.2, 0) is 20.6 Å². The highest BCUT2D eigenvalue weighted by molar-refractivity contribution is 7.99. The van der Waals surface area contributed by atoms with E-state index in [2.05, 4.69) is 5.32 Å². The third kappa shape index (κ3) is 6.15. The molecule has 0 aromatic heterocycles. The zero-order chi connectivity index (χ0) is 24.1. The number of anilines is 1. The Labute approximate surface area is 214 Å². The third-order valence-corrected chi connectivity index (χ3v) is 9.22. The molecule has 1 heterocycles. The van der Waals surface area contributed by atoms with Gasteiger partial charge in [-0.2, -0.15) is 0 Å². The van der Waals surface area contributed by atoms with Crippen LogP contribution in [0.2, 0.25) is 10.0 Å². The third-order valence-electron chi connectivity index (χ3n) is 5.65. The second kappa shape index (κ2) is 11.1. The van der Waals surface area contributed by atoms with Gasteiger partial charge in [0.25, 0.3) is 0 Å². The summed E-state index contributed by atoms with van der Waals surface area (Å²) in [5.41, 5.74) is 1.09. The normalized spacial score (nSPS) is 16.8. The van der Waals surface area contributed by atoms with Crippen molar-refractivity contribution in [1.82, 2.24) is 4.31 Å². The van der Waals surface area contributed by atoms with Crippen molar-refractivity contribution in [2.24, 2.45) is 5.92 Å². The van der Waals surface area contributed by atoms with Gasteiger partial charge in [-0.25, -0.2) is 12.7 Å². The Kier molecular flexibility index (Phi) is 8.22. The van der Waals surface area contributed by atoms with Gasteiger partial charge in [-0.05, 0) is 49.2 Å². The molecule has 1 aliphatic heterocycles. The van der Waals surface area contributed by atoms with Crippen LogP contribution in [0.3, 0.4) is 0 Å². The molecular weight excluding hydrogens is 511 g/mol. The molecule has 4 rings (SSSR count). The number of amides is 1. The molecule has 0 saturated carbocycles. The smallest absolute Gasteiger partial charge is 0.228 e. The molecule has 0 radical (unpaired) electrons. The number of hydrogen-bond donors (Lipinski definition) is 1. The zero-order valence-corrected chi connectivity index (χ0v) is 21.4. The number of para-hydroxylation sites is 1. The molecular formula is C25H24Cl2N2O3S2. The van der Waals surface area contributed by atoms with Crippen LogP contribution in [0.4, 0.5) is 5.69 Å². The fourth-order valence-corrected chi connectivity index (χ4v) is 7.15. The van der Waals surface area contributed by atoms with Crippen LogP contribution in [0.5, 0.6) is 0 Å². The number of nitrogens with zero attached hydrogens (tertiary/aromatic N) is 1. The van der Waals surface area contributed by atoms with Crippen LogP contribution < -0.4 is 5.32 Å². The van der Waals surface area contributed by atoms with E-state index in [4.69, 9.17) is 23.2 Å². The lowest BCUT2D eigenvalue weighted by atomic mass is 9.99. The molecule has 1 atom stereocenters. The van der Waals surface area contributed by atoms with E-state index in [-0.39, 0.29) is 18.2 Å². The monoisotopic (exact) mass is 534 g/mol. The number of halogens is 2. The number of piperidine rings is 1. The molecule has 0 aliphatic carbocycles. The van der Waals surface area contributed by atoms with Crippen LogP contribution in [0.25, 0.3) is 0 Å². The Morgan fingerprint density at radius 1 is 0.971 bits per heavy atom.